The topological polar surface area (TPSA) is 49.5 Å². The van der Waals surface area contributed by atoms with E-state index in [-0.39, 0.29) is 6.61 Å². The molecule has 0 spiro atoms. The summed E-state index contributed by atoms with van der Waals surface area (Å²) in [6.45, 7) is 7.44. The van der Waals surface area contributed by atoms with Gasteiger partial charge in [0.15, 0.2) is 0 Å². The smallest absolute Gasteiger partial charge is 0.0468 e. The molecule has 0 radical (unpaired) electrons. The summed E-state index contributed by atoms with van der Waals surface area (Å²) in [6.07, 6.45) is 1.13. The van der Waals surface area contributed by atoms with Crippen LogP contribution in [-0.4, -0.2) is 29.7 Å². The Morgan fingerprint density at radius 2 is 1.94 bits per heavy atom. The zero-order chi connectivity index (χ0) is 12.7. The molecule has 3 heteroatoms. The second kappa shape index (κ2) is 7.30. The maximum Gasteiger partial charge on any atom is 0.0468 e. The predicted octanol–water partition coefficient (Wildman–Crippen LogP) is 2.11. The van der Waals surface area contributed by atoms with E-state index in [4.69, 9.17) is 10.8 Å². The molecule has 1 aromatic carbocycles. The fourth-order valence-electron chi connectivity index (χ4n) is 1.93. The Morgan fingerprint density at radius 1 is 1.29 bits per heavy atom. The maximum absolute atomic E-state index is 9.11. The highest BCUT2D eigenvalue weighted by molar-refractivity contribution is 5.39. The lowest BCUT2D eigenvalue weighted by atomic mass is 10.1. The number of nitrogen functional groups attached to an aromatic ring is 1. The minimum Gasteiger partial charge on any atom is -0.399 e. The summed E-state index contributed by atoms with van der Waals surface area (Å²) < 4.78 is 0. The molecule has 0 aliphatic heterocycles. The van der Waals surface area contributed by atoms with Crippen molar-refractivity contribution in [1.29, 1.82) is 0 Å². The zero-order valence-electron chi connectivity index (χ0n) is 10.9. The normalized spacial score (nSPS) is 12.9. The lowest BCUT2D eigenvalue weighted by molar-refractivity contribution is 0.168. The van der Waals surface area contributed by atoms with Crippen LogP contribution in [0, 0.1) is 5.92 Å². The van der Waals surface area contributed by atoms with Crippen LogP contribution in [0.5, 0.6) is 0 Å². The average Bonchev–Trinajstić information content (AvgIpc) is 2.32. The van der Waals surface area contributed by atoms with Gasteiger partial charge in [-0.25, -0.2) is 0 Å². The van der Waals surface area contributed by atoms with Crippen molar-refractivity contribution < 1.29 is 5.11 Å². The quantitative estimate of drug-likeness (QED) is 0.713. The van der Waals surface area contributed by atoms with E-state index in [1.165, 1.54) is 5.56 Å². The van der Waals surface area contributed by atoms with Crippen LogP contribution in [0.25, 0.3) is 0 Å². The van der Waals surface area contributed by atoms with E-state index in [1.54, 1.807) is 0 Å². The second-order valence-electron chi connectivity index (χ2n) is 4.76. The van der Waals surface area contributed by atoms with Crippen LogP contribution in [0.15, 0.2) is 24.3 Å². The second-order valence-corrected chi connectivity index (χ2v) is 4.76. The van der Waals surface area contributed by atoms with Crippen LogP contribution < -0.4 is 5.73 Å². The third kappa shape index (κ3) is 5.20. The summed E-state index contributed by atoms with van der Waals surface area (Å²) in [5.74, 6) is 0.329. The standard InChI is InChI=1S/C14H24N2O/c1-3-8-16(9-12(2)11-17)10-13-4-6-14(15)7-5-13/h4-7,12,17H,3,8-11,15H2,1-2H3. The Balaban J connectivity index is 2.56. The van der Waals surface area contributed by atoms with Crippen molar-refractivity contribution in [1.82, 2.24) is 4.90 Å². The van der Waals surface area contributed by atoms with Gasteiger partial charge in [0.2, 0.25) is 0 Å². The van der Waals surface area contributed by atoms with Gasteiger partial charge in [0.1, 0.15) is 0 Å². The first-order valence-electron chi connectivity index (χ1n) is 6.33. The summed E-state index contributed by atoms with van der Waals surface area (Å²) in [4.78, 5) is 2.38. The number of nitrogens with two attached hydrogens (primary N) is 1. The molecule has 0 aliphatic rings. The number of hydrogen-bond acceptors (Lipinski definition) is 3. The summed E-state index contributed by atoms with van der Waals surface area (Å²) in [6, 6.07) is 8.02. The fraction of sp³-hybridized carbons (Fsp3) is 0.571. The first-order chi connectivity index (χ1) is 8.15. The molecule has 0 aliphatic carbocycles. The lowest BCUT2D eigenvalue weighted by Gasteiger charge is -2.24. The first-order valence-corrected chi connectivity index (χ1v) is 6.33. The molecule has 3 nitrogen and oxygen atoms in total. The van der Waals surface area contributed by atoms with Gasteiger partial charge in [0.25, 0.3) is 0 Å². The van der Waals surface area contributed by atoms with Crippen LogP contribution in [-0.2, 0) is 6.54 Å². The number of hydrogen-bond donors (Lipinski definition) is 2. The summed E-state index contributed by atoms with van der Waals surface area (Å²) in [5.41, 5.74) is 7.75. The van der Waals surface area contributed by atoms with E-state index in [0.29, 0.717) is 5.92 Å². The largest absolute Gasteiger partial charge is 0.399 e. The average molecular weight is 236 g/mol. The first kappa shape index (κ1) is 14.0. The molecule has 0 saturated heterocycles. The van der Waals surface area contributed by atoms with Gasteiger partial charge in [0.05, 0.1) is 0 Å². The minimum atomic E-state index is 0.252. The monoisotopic (exact) mass is 236 g/mol. The van der Waals surface area contributed by atoms with Gasteiger partial charge in [0, 0.05) is 25.4 Å². The Morgan fingerprint density at radius 3 is 2.47 bits per heavy atom. The Labute approximate surface area is 104 Å². The van der Waals surface area contributed by atoms with Gasteiger partial charge >= 0.3 is 0 Å². The van der Waals surface area contributed by atoms with Gasteiger partial charge in [-0.2, -0.15) is 0 Å². The third-order valence-corrected chi connectivity index (χ3v) is 2.81. The highest BCUT2D eigenvalue weighted by Gasteiger charge is 2.09. The van der Waals surface area contributed by atoms with E-state index in [9.17, 15) is 0 Å². The molecule has 1 atom stereocenters. The molecule has 1 unspecified atom stereocenters. The van der Waals surface area contributed by atoms with Crippen molar-refractivity contribution >= 4 is 5.69 Å². The molecule has 3 N–H and O–H groups in total. The zero-order valence-corrected chi connectivity index (χ0v) is 10.9. The summed E-state index contributed by atoms with van der Waals surface area (Å²) >= 11 is 0. The molecule has 1 aromatic rings. The van der Waals surface area contributed by atoms with Gasteiger partial charge in [-0.1, -0.05) is 26.0 Å². The Bertz CT molecular complexity index is 311. The number of anilines is 1. The highest BCUT2D eigenvalue weighted by atomic mass is 16.3. The molecule has 0 fully saturated rings. The van der Waals surface area contributed by atoms with E-state index >= 15 is 0 Å². The van der Waals surface area contributed by atoms with Crippen molar-refractivity contribution in [2.24, 2.45) is 5.92 Å². The maximum atomic E-state index is 9.11. The van der Waals surface area contributed by atoms with Crippen LogP contribution >= 0.6 is 0 Å². The van der Waals surface area contributed by atoms with Crippen LogP contribution in [0.4, 0.5) is 5.69 Å². The number of nitrogens with zero attached hydrogens (tertiary/aromatic N) is 1. The van der Waals surface area contributed by atoms with E-state index in [1.807, 2.05) is 12.1 Å². The molecule has 96 valence electrons. The number of aliphatic hydroxyl groups excluding tert-OH is 1. The van der Waals surface area contributed by atoms with E-state index in [2.05, 4.69) is 30.9 Å². The number of benzene rings is 1. The molecule has 17 heavy (non-hydrogen) atoms. The van der Waals surface area contributed by atoms with Crippen LogP contribution in [0.1, 0.15) is 25.8 Å². The summed E-state index contributed by atoms with van der Waals surface area (Å²) in [5, 5.41) is 9.11. The van der Waals surface area contributed by atoms with E-state index < -0.39 is 0 Å². The van der Waals surface area contributed by atoms with Gasteiger partial charge in [-0.05, 0) is 36.6 Å². The lowest BCUT2D eigenvalue weighted by Crippen LogP contribution is -2.30. The predicted molar refractivity (Wildman–Crippen MR) is 72.7 cm³/mol. The molecule has 0 bridgehead atoms. The number of rotatable bonds is 7. The van der Waals surface area contributed by atoms with Gasteiger partial charge < -0.3 is 10.8 Å². The third-order valence-electron chi connectivity index (χ3n) is 2.81. The highest BCUT2D eigenvalue weighted by Crippen LogP contribution is 2.10. The number of aliphatic hydroxyl groups is 1. The SMILES string of the molecule is CCCN(Cc1ccc(N)cc1)CC(C)CO. The van der Waals surface area contributed by atoms with Crippen molar-refractivity contribution in [2.45, 2.75) is 26.8 Å². The molecule has 0 saturated carbocycles. The molecule has 1 rings (SSSR count). The minimum absolute atomic E-state index is 0.252. The van der Waals surface area contributed by atoms with Crippen molar-refractivity contribution in [3.8, 4) is 0 Å². The van der Waals surface area contributed by atoms with E-state index in [0.717, 1.165) is 31.7 Å². The molecule has 0 heterocycles. The van der Waals surface area contributed by atoms with Crippen molar-refractivity contribution in [2.75, 3.05) is 25.4 Å². The van der Waals surface area contributed by atoms with Crippen LogP contribution in [0.2, 0.25) is 0 Å². The Kier molecular flexibility index (Phi) is 6.01. The molecule has 0 amide bonds. The Hall–Kier alpha value is -1.06. The molecule has 0 aromatic heterocycles. The van der Waals surface area contributed by atoms with Gasteiger partial charge in [-0.15, -0.1) is 0 Å². The summed E-state index contributed by atoms with van der Waals surface area (Å²) in [7, 11) is 0. The van der Waals surface area contributed by atoms with Gasteiger partial charge in [-0.3, -0.25) is 4.90 Å². The fourth-order valence-corrected chi connectivity index (χ4v) is 1.93. The van der Waals surface area contributed by atoms with Crippen molar-refractivity contribution in [3.63, 3.8) is 0 Å². The molecular weight excluding hydrogens is 212 g/mol. The van der Waals surface area contributed by atoms with Crippen molar-refractivity contribution in [3.05, 3.63) is 29.8 Å². The van der Waals surface area contributed by atoms with Crippen LogP contribution in [0.3, 0.4) is 0 Å². The molecular formula is C14H24N2O.